The molecule has 0 amide bonds. The van der Waals surface area contributed by atoms with Crippen LogP contribution in [0.25, 0.3) is 0 Å². The number of rotatable bonds is 5. The van der Waals surface area contributed by atoms with Crippen molar-refractivity contribution in [2.75, 3.05) is 5.32 Å². The lowest BCUT2D eigenvalue weighted by Crippen LogP contribution is -2.34. The van der Waals surface area contributed by atoms with Gasteiger partial charge in [0.2, 0.25) is 0 Å². The Balaban J connectivity index is 1.82. The minimum Gasteiger partial charge on any atom is -0.481 e. The molecule has 0 fully saturated rings. The molecule has 2 aromatic rings. The van der Waals surface area contributed by atoms with Gasteiger partial charge in [0, 0.05) is 12.2 Å². The lowest BCUT2D eigenvalue weighted by Gasteiger charge is -2.42. The molecule has 1 aliphatic rings. The van der Waals surface area contributed by atoms with Crippen molar-refractivity contribution < 1.29 is 9.90 Å². The van der Waals surface area contributed by atoms with Crippen molar-refractivity contribution in [1.82, 2.24) is 0 Å². The summed E-state index contributed by atoms with van der Waals surface area (Å²) in [6.07, 6.45) is 2.44. The van der Waals surface area contributed by atoms with Crippen LogP contribution in [0.3, 0.4) is 0 Å². The van der Waals surface area contributed by atoms with E-state index in [9.17, 15) is 9.90 Å². The number of hydrogen-bond acceptors (Lipinski definition) is 2. The topological polar surface area (TPSA) is 49.3 Å². The highest BCUT2D eigenvalue weighted by Crippen LogP contribution is 2.46. The van der Waals surface area contributed by atoms with Gasteiger partial charge in [0.05, 0.1) is 5.41 Å². The van der Waals surface area contributed by atoms with Gasteiger partial charge in [-0.15, -0.1) is 0 Å². The Morgan fingerprint density at radius 1 is 1.00 bits per heavy atom. The molecule has 3 heteroatoms. The molecule has 3 nitrogen and oxygen atoms in total. The van der Waals surface area contributed by atoms with Crippen LogP contribution >= 0.6 is 0 Å². The maximum atomic E-state index is 11.5. The van der Waals surface area contributed by atoms with Gasteiger partial charge in [0.15, 0.2) is 0 Å². The van der Waals surface area contributed by atoms with Crippen molar-refractivity contribution in [3.05, 3.63) is 64.2 Å². The molecule has 29 heavy (non-hydrogen) atoms. The second-order valence-corrected chi connectivity index (χ2v) is 10.5. The zero-order valence-electron chi connectivity index (χ0n) is 18.9. The molecule has 0 saturated carbocycles. The SMILES string of the molecule is Cc1cc2c(cc1CNc1ccc(C(C)(C)C(=O)O)cc1)C(C)(C)CCC2(C)C. The lowest BCUT2D eigenvalue weighted by atomic mass is 9.62. The molecule has 3 rings (SSSR count). The highest BCUT2D eigenvalue weighted by atomic mass is 16.4. The number of carboxylic acids is 1. The third-order valence-corrected chi connectivity index (χ3v) is 6.93. The van der Waals surface area contributed by atoms with Crippen LogP contribution in [-0.2, 0) is 27.6 Å². The Morgan fingerprint density at radius 2 is 1.52 bits per heavy atom. The summed E-state index contributed by atoms with van der Waals surface area (Å²) >= 11 is 0. The standard InChI is InChI=1S/C26H35NO2/c1-17-14-21-22(25(4,5)13-12-24(21,2)3)15-18(17)16-27-20-10-8-19(9-11-20)26(6,7)23(28)29/h8-11,14-15,27H,12-13,16H2,1-7H3,(H,28,29). The molecule has 0 atom stereocenters. The van der Waals surface area contributed by atoms with E-state index in [1.165, 1.54) is 35.1 Å². The second kappa shape index (κ2) is 7.19. The van der Waals surface area contributed by atoms with Gasteiger partial charge < -0.3 is 10.4 Å². The van der Waals surface area contributed by atoms with E-state index >= 15 is 0 Å². The predicted octanol–water partition coefficient (Wildman–Crippen LogP) is 6.32. The van der Waals surface area contributed by atoms with E-state index in [1.807, 2.05) is 24.3 Å². The summed E-state index contributed by atoms with van der Waals surface area (Å²) in [4.78, 5) is 11.5. The second-order valence-electron chi connectivity index (χ2n) is 10.5. The minimum atomic E-state index is -0.883. The predicted molar refractivity (Wildman–Crippen MR) is 121 cm³/mol. The van der Waals surface area contributed by atoms with Gasteiger partial charge in [-0.2, -0.15) is 0 Å². The quantitative estimate of drug-likeness (QED) is 0.625. The summed E-state index contributed by atoms with van der Waals surface area (Å²) in [5, 5.41) is 12.9. The Bertz CT molecular complexity index is 920. The third kappa shape index (κ3) is 4.05. The molecule has 0 spiro atoms. The molecule has 0 saturated heterocycles. The number of benzene rings is 2. The first-order chi connectivity index (χ1) is 13.3. The molecule has 0 bridgehead atoms. The fourth-order valence-corrected chi connectivity index (χ4v) is 4.28. The van der Waals surface area contributed by atoms with Crippen LogP contribution in [0.15, 0.2) is 36.4 Å². The van der Waals surface area contributed by atoms with E-state index in [-0.39, 0.29) is 10.8 Å². The van der Waals surface area contributed by atoms with Gasteiger partial charge in [-0.25, -0.2) is 0 Å². The average Bonchev–Trinajstić information content (AvgIpc) is 2.64. The maximum Gasteiger partial charge on any atom is 0.313 e. The van der Waals surface area contributed by atoms with Gasteiger partial charge in [-0.1, -0.05) is 52.0 Å². The molecule has 2 N–H and O–H groups in total. The van der Waals surface area contributed by atoms with Gasteiger partial charge in [-0.05, 0) is 84.4 Å². The first kappa shape index (κ1) is 21.4. The number of aryl methyl sites for hydroxylation is 1. The number of nitrogens with one attached hydrogen (secondary N) is 1. The largest absolute Gasteiger partial charge is 0.481 e. The summed E-state index contributed by atoms with van der Waals surface area (Å²) < 4.78 is 0. The number of anilines is 1. The van der Waals surface area contributed by atoms with Crippen LogP contribution < -0.4 is 5.32 Å². The smallest absolute Gasteiger partial charge is 0.313 e. The summed E-state index contributed by atoms with van der Waals surface area (Å²) in [5.41, 5.74) is 6.99. The fourth-order valence-electron chi connectivity index (χ4n) is 4.28. The van der Waals surface area contributed by atoms with Crippen molar-refractivity contribution in [1.29, 1.82) is 0 Å². The Hall–Kier alpha value is -2.29. The molecule has 1 aliphatic carbocycles. The number of carboxylic acid groups (broad SMARTS) is 1. The zero-order valence-corrected chi connectivity index (χ0v) is 18.9. The Labute approximate surface area is 175 Å². The highest BCUT2D eigenvalue weighted by Gasteiger charge is 2.37. The van der Waals surface area contributed by atoms with Crippen LogP contribution in [0.1, 0.15) is 82.2 Å². The summed E-state index contributed by atoms with van der Waals surface area (Å²) in [6, 6.07) is 12.6. The molecule has 0 heterocycles. The summed E-state index contributed by atoms with van der Waals surface area (Å²) in [5.74, 6) is -0.812. The van der Waals surface area contributed by atoms with Crippen molar-refractivity contribution in [2.45, 2.75) is 84.1 Å². The van der Waals surface area contributed by atoms with E-state index < -0.39 is 11.4 Å². The van der Waals surface area contributed by atoms with E-state index in [0.717, 1.165) is 17.8 Å². The zero-order chi connectivity index (χ0) is 21.6. The molecule has 0 aromatic heterocycles. The molecular weight excluding hydrogens is 358 g/mol. The van der Waals surface area contributed by atoms with Gasteiger partial charge in [-0.3, -0.25) is 4.79 Å². The van der Waals surface area contributed by atoms with Crippen molar-refractivity contribution >= 4 is 11.7 Å². The van der Waals surface area contributed by atoms with Gasteiger partial charge in [0.25, 0.3) is 0 Å². The van der Waals surface area contributed by atoms with Crippen LogP contribution in [-0.4, -0.2) is 11.1 Å². The number of hydrogen-bond donors (Lipinski definition) is 2. The monoisotopic (exact) mass is 393 g/mol. The van der Waals surface area contributed by atoms with Crippen molar-refractivity contribution in [3.8, 4) is 0 Å². The van der Waals surface area contributed by atoms with Crippen molar-refractivity contribution in [3.63, 3.8) is 0 Å². The number of fused-ring (bicyclic) bond motifs is 1. The van der Waals surface area contributed by atoms with E-state index in [4.69, 9.17) is 0 Å². The van der Waals surface area contributed by atoms with Crippen LogP contribution in [0.4, 0.5) is 5.69 Å². The maximum absolute atomic E-state index is 11.5. The first-order valence-corrected chi connectivity index (χ1v) is 10.6. The van der Waals surface area contributed by atoms with E-state index in [0.29, 0.717) is 0 Å². The summed E-state index contributed by atoms with van der Waals surface area (Å²) in [7, 11) is 0. The normalized spacial score (nSPS) is 17.5. The van der Waals surface area contributed by atoms with Gasteiger partial charge >= 0.3 is 5.97 Å². The van der Waals surface area contributed by atoms with Gasteiger partial charge in [0.1, 0.15) is 0 Å². The molecule has 156 valence electrons. The molecule has 0 unspecified atom stereocenters. The van der Waals surface area contributed by atoms with Crippen LogP contribution in [0.2, 0.25) is 0 Å². The van der Waals surface area contributed by atoms with Crippen LogP contribution in [0.5, 0.6) is 0 Å². The number of carbonyl (C=O) groups is 1. The molecule has 0 aliphatic heterocycles. The highest BCUT2D eigenvalue weighted by molar-refractivity contribution is 5.80. The van der Waals surface area contributed by atoms with E-state index in [2.05, 4.69) is 52.1 Å². The molecule has 0 radical (unpaired) electrons. The van der Waals surface area contributed by atoms with Crippen LogP contribution in [0, 0.1) is 6.92 Å². The number of aliphatic carboxylic acids is 1. The Kier molecular flexibility index (Phi) is 5.31. The minimum absolute atomic E-state index is 0.206. The third-order valence-electron chi connectivity index (χ3n) is 6.93. The molecule has 2 aromatic carbocycles. The van der Waals surface area contributed by atoms with Crippen molar-refractivity contribution in [2.24, 2.45) is 0 Å². The average molecular weight is 394 g/mol. The molecular formula is C26H35NO2. The van der Waals surface area contributed by atoms with E-state index in [1.54, 1.807) is 13.8 Å². The first-order valence-electron chi connectivity index (χ1n) is 10.6. The Morgan fingerprint density at radius 3 is 2.03 bits per heavy atom. The lowest BCUT2D eigenvalue weighted by molar-refractivity contribution is -0.142. The summed E-state index contributed by atoms with van der Waals surface area (Å²) in [6.45, 7) is 15.9. The fraction of sp³-hybridized carbons (Fsp3) is 0.500.